The normalized spacial score (nSPS) is 13.3. The predicted octanol–water partition coefficient (Wildman–Crippen LogP) is 13.9. The van der Waals surface area contributed by atoms with E-state index >= 15 is 0 Å². The molecule has 3 aromatic heterocycles. The largest absolute Gasteiger partial charge is 0.456 e. The fraction of sp³-hybridized carbons (Fsp3) is 0.0408. The summed E-state index contributed by atoms with van der Waals surface area (Å²) in [5.41, 5.74) is 14.0. The van der Waals surface area contributed by atoms with Crippen molar-refractivity contribution < 1.29 is 13.3 Å². The predicted molar refractivity (Wildman–Crippen MR) is 220 cm³/mol. The van der Waals surface area contributed by atoms with E-state index in [4.69, 9.17) is 18.2 Å². The minimum Gasteiger partial charge on any atom is -0.456 e. The molecule has 0 N–H and O–H groups in total. The number of aromatic nitrogens is 1. The van der Waals surface area contributed by atoms with Crippen LogP contribution in [0.2, 0.25) is 0 Å². The van der Waals surface area contributed by atoms with Crippen molar-refractivity contribution >= 4 is 71.9 Å². The molecule has 0 amide bonds. The zero-order chi connectivity index (χ0) is 35.6. The molecule has 1 aliphatic rings. The van der Waals surface area contributed by atoms with Crippen LogP contribution in [0.25, 0.3) is 83.1 Å². The summed E-state index contributed by atoms with van der Waals surface area (Å²) in [4.78, 5) is 7.19. The van der Waals surface area contributed by atoms with Crippen molar-refractivity contribution in [3.63, 3.8) is 0 Å². The van der Waals surface area contributed by atoms with Gasteiger partial charge in [0.2, 0.25) is 5.89 Å². The SMILES string of the molecule is C1=C(c2cccc3c2oc2ccccc23)CCC(N(c2cccc(-c3ccccc3)c2)c2ccc3c(c2)oc2ccc4nc(-c5ccccc5)oc4c23)=C1. The van der Waals surface area contributed by atoms with Crippen molar-refractivity contribution in [1.29, 1.82) is 0 Å². The van der Waals surface area contributed by atoms with Crippen molar-refractivity contribution in [2.24, 2.45) is 0 Å². The summed E-state index contributed by atoms with van der Waals surface area (Å²) in [6.45, 7) is 0. The molecule has 0 bridgehead atoms. The topological polar surface area (TPSA) is 55.6 Å². The lowest BCUT2D eigenvalue weighted by molar-refractivity contribution is 0.622. The highest BCUT2D eigenvalue weighted by molar-refractivity contribution is 6.17. The third kappa shape index (κ3) is 4.97. The van der Waals surface area contributed by atoms with Crippen molar-refractivity contribution in [2.75, 3.05) is 4.90 Å². The van der Waals surface area contributed by atoms with Crippen LogP contribution in [0.1, 0.15) is 18.4 Å². The van der Waals surface area contributed by atoms with Gasteiger partial charge in [0, 0.05) is 50.4 Å². The Labute approximate surface area is 310 Å². The monoisotopic (exact) mass is 696 g/mol. The van der Waals surface area contributed by atoms with E-state index in [9.17, 15) is 0 Å². The average molecular weight is 697 g/mol. The summed E-state index contributed by atoms with van der Waals surface area (Å²) in [7, 11) is 0. The number of benzene rings is 7. The lowest BCUT2D eigenvalue weighted by Gasteiger charge is -2.30. The Kier molecular flexibility index (Phi) is 6.92. The molecule has 0 fully saturated rings. The Bertz CT molecular complexity index is 3110. The summed E-state index contributed by atoms with van der Waals surface area (Å²) >= 11 is 0. The molecule has 0 aliphatic heterocycles. The minimum atomic E-state index is 0.599. The minimum absolute atomic E-state index is 0.599. The van der Waals surface area contributed by atoms with Crippen molar-refractivity contribution in [3.8, 4) is 22.6 Å². The number of furan rings is 2. The molecular weight excluding hydrogens is 665 g/mol. The molecule has 1 aliphatic carbocycles. The number of rotatable bonds is 6. The van der Waals surface area contributed by atoms with Crippen LogP contribution in [0.3, 0.4) is 0 Å². The molecule has 5 nitrogen and oxygen atoms in total. The molecule has 7 aromatic carbocycles. The summed E-state index contributed by atoms with van der Waals surface area (Å²) in [5.74, 6) is 0.599. The summed E-state index contributed by atoms with van der Waals surface area (Å²) < 4.78 is 19.4. The second-order valence-corrected chi connectivity index (χ2v) is 13.8. The third-order valence-corrected chi connectivity index (χ3v) is 10.6. The number of fused-ring (bicyclic) bond motifs is 8. The van der Waals surface area contributed by atoms with Crippen LogP contribution in [0.5, 0.6) is 0 Å². The molecule has 54 heavy (non-hydrogen) atoms. The second-order valence-electron chi connectivity index (χ2n) is 13.8. The van der Waals surface area contributed by atoms with Gasteiger partial charge in [-0.3, -0.25) is 0 Å². The lowest BCUT2D eigenvalue weighted by Crippen LogP contribution is -2.18. The fourth-order valence-electron chi connectivity index (χ4n) is 8.05. The maximum atomic E-state index is 6.57. The van der Waals surface area contributed by atoms with Gasteiger partial charge >= 0.3 is 0 Å². The van der Waals surface area contributed by atoms with E-state index in [0.717, 1.165) is 95.9 Å². The van der Waals surface area contributed by atoms with E-state index in [2.05, 4.69) is 120 Å². The quantitative estimate of drug-likeness (QED) is 0.173. The molecule has 11 rings (SSSR count). The maximum absolute atomic E-state index is 6.57. The Morgan fingerprint density at radius 3 is 2.07 bits per heavy atom. The van der Waals surface area contributed by atoms with E-state index in [1.54, 1.807) is 0 Å². The van der Waals surface area contributed by atoms with E-state index in [1.165, 1.54) is 16.8 Å². The first-order valence-electron chi connectivity index (χ1n) is 18.3. The van der Waals surface area contributed by atoms with Gasteiger partial charge < -0.3 is 18.2 Å². The fourth-order valence-corrected chi connectivity index (χ4v) is 8.05. The number of para-hydroxylation sites is 2. The Balaban J connectivity index is 1.04. The Morgan fingerprint density at radius 1 is 0.463 bits per heavy atom. The molecule has 0 unspecified atom stereocenters. The van der Waals surface area contributed by atoms with Gasteiger partial charge in [-0.1, -0.05) is 103 Å². The average Bonchev–Trinajstić information content (AvgIpc) is 3.95. The van der Waals surface area contributed by atoms with Gasteiger partial charge in [0.05, 0.1) is 5.39 Å². The van der Waals surface area contributed by atoms with E-state index < -0.39 is 0 Å². The van der Waals surface area contributed by atoms with Crippen LogP contribution in [0.4, 0.5) is 11.4 Å². The Morgan fingerprint density at radius 2 is 1.22 bits per heavy atom. The first kappa shape index (κ1) is 30.5. The second kappa shape index (κ2) is 12.2. The number of oxazole rings is 1. The number of hydrogen-bond donors (Lipinski definition) is 0. The molecule has 0 atom stereocenters. The smallest absolute Gasteiger partial charge is 0.227 e. The number of allylic oxidation sites excluding steroid dienone is 4. The highest BCUT2D eigenvalue weighted by atomic mass is 16.4. The molecule has 3 heterocycles. The van der Waals surface area contributed by atoms with Crippen LogP contribution >= 0.6 is 0 Å². The summed E-state index contributed by atoms with van der Waals surface area (Å²) in [6.07, 6.45) is 6.25. The van der Waals surface area contributed by atoms with E-state index in [0.29, 0.717) is 5.89 Å². The third-order valence-electron chi connectivity index (χ3n) is 10.6. The van der Waals surface area contributed by atoms with Crippen molar-refractivity contribution in [1.82, 2.24) is 4.98 Å². The highest BCUT2D eigenvalue weighted by Gasteiger charge is 2.23. The van der Waals surface area contributed by atoms with E-state index in [-0.39, 0.29) is 0 Å². The number of nitrogens with zero attached hydrogens (tertiary/aromatic N) is 2. The van der Waals surface area contributed by atoms with Crippen molar-refractivity contribution in [3.05, 3.63) is 181 Å². The Hall–Kier alpha value is -7.11. The van der Waals surface area contributed by atoms with Gasteiger partial charge in [-0.2, -0.15) is 0 Å². The van der Waals surface area contributed by atoms with Gasteiger partial charge in [-0.25, -0.2) is 4.98 Å². The molecule has 10 aromatic rings. The number of anilines is 2. The molecule has 256 valence electrons. The van der Waals surface area contributed by atoms with Gasteiger partial charge in [-0.15, -0.1) is 0 Å². The summed E-state index contributed by atoms with van der Waals surface area (Å²) in [6, 6.07) is 54.5. The molecule has 0 saturated heterocycles. The first-order valence-corrected chi connectivity index (χ1v) is 18.3. The van der Waals surface area contributed by atoms with Crippen LogP contribution < -0.4 is 4.90 Å². The van der Waals surface area contributed by atoms with Gasteiger partial charge in [0.1, 0.15) is 27.8 Å². The zero-order valence-corrected chi connectivity index (χ0v) is 29.2. The summed E-state index contributed by atoms with van der Waals surface area (Å²) in [5, 5.41) is 4.22. The molecule has 0 spiro atoms. The highest BCUT2D eigenvalue weighted by Crippen LogP contribution is 2.43. The molecule has 5 heteroatoms. The zero-order valence-electron chi connectivity index (χ0n) is 29.2. The maximum Gasteiger partial charge on any atom is 0.227 e. The van der Waals surface area contributed by atoms with Crippen LogP contribution in [-0.2, 0) is 0 Å². The van der Waals surface area contributed by atoms with Crippen LogP contribution in [0, 0.1) is 0 Å². The van der Waals surface area contributed by atoms with Crippen LogP contribution in [-0.4, -0.2) is 4.98 Å². The van der Waals surface area contributed by atoms with Crippen molar-refractivity contribution in [2.45, 2.75) is 12.8 Å². The number of hydrogen-bond acceptors (Lipinski definition) is 5. The van der Waals surface area contributed by atoms with Gasteiger partial charge in [-0.05, 0) is 90.2 Å². The first-order chi connectivity index (χ1) is 26.7. The van der Waals surface area contributed by atoms with Gasteiger partial charge in [0.25, 0.3) is 0 Å². The van der Waals surface area contributed by atoms with Gasteiger partial charge in [0.15, 0.2) is 5.58 Å². The lowest BCUT2D eigenvalue weighted by atomic mass is 9.93. The molecule has 0 radical (unpaired) electrons. The molecule has 0 saturated carbocycles. The standard InChI is InChI=1S/C49H32N2O3/c1-3-11-31(12-4-1)34-15-9-16-36(29-34)51(35-23-21-32(22-24-35)38-18-10-19-40-39-17-7-8-20-43(39)53-47(38)40)37-25-26-41-45(30-37)52-44-28-27-42-48(46(41)44)54-49(50-42)33-13-5-2-6-14-33/h1-21,23,25-30H,22,24H2. The molecular formula is C49H32N2O3. The van der Waals surface area contributed by atoms with E-state index in [1.807, 2.05) is 54.6 Å². The van der Waals surface area contributed by atoms with Crippen LogP contribution in [0.15, 0.2) is 189 Å².